The van der Waals surface area contributed by atoms with Gasteiger partial charge >= 0.3 is 0 Å². The number of carbonyl (C=O) groups excluding carboxylic acids is 1. The molecule has 4 heteroatoms. The molecular weight excluding hydrogens is 246 g/mol. The molecular formula is C10H10BrNO2. The highest BCUT2D eigenvalue weighted by atomic mass is 79.9. The van der Waals surface area contributed by atoms with Crippen molar-refractivity contribution in [3.05, 3.63) is 34.3 Å². The summed E-state index contributed by atoms with van der Waals surface area (Å²) in [7, 11) is 0. The van der Waals surface area contributed by atoms with Gasteiger partial charge in [0, 0.05) is 11.0 Å². The van der Waals surface area contributed by atoms with Gasteiger partial charge in [-0.25, -0.2) is 0 Å². The summed E-state index contributed by atoms with van der Waals surface area (Å²) in [5.41, 5.74) is 0.660. The van der Waals surface area contributed by atoms with Crippen molar-refractivity contribution in [2.75, 3.05) is 13.2 Å². The first-order valence-corrected chi connectivity index (χ1v) is 5.21. The largest absolute Gasteiger partial charge is 0.371 e. The normalized spacial score (nSPS) is 19.1. The summed E-state index contributed by atoms with van der Waals surface area (Å²) in [5, 5.41) is 2.81. The number of amides is 1. The Morgan fingerprint density at radius 1 is 1.57 bits per heavy atom. The summed E-state index contributed by atoms with van der Waals surface area (Å²) in [6.07, 6.45) is 0.224. The fourth-order valence-corrected chi connectivity index (χ4v) is 1.60. The first-order chi connectivity index (χ1) is 6.77. The Kier molecular flexibility index (Phi) is 2.84. The molecule has 0 saturated carbocycles. The molecule has 0 spiro atoms. The van der Waals surface area contributed by atoms with Crippen molar-refractivity contribution in [1.29, 1.82) is 0 Å². The third kappa shape index (κ3) is 2.33. The maximum Gasteiger partial charge on any atom is 0.252 e. The predicted octanol–water partition coefficient (Wildman–Crippen LogP) is 1.58. The van der Waals surface area contributed by atoms with Crippen LogP contribution in [-0.2, 0) is 4.74 Å². The maximum atomic E-state index is 11.6. The third-order valence-electron chi connectivity index (χ3n) is 2.01. The number of halogens is 1. The molecule has 3 nitrogen and oxygen atoms in total. The Morgan fingerprint density at radius 2 is 2.29 bits per heavy atom. The van der Waals surface area contributed by atoms with Crippen molar-refractivity contribution < 1.29 is 9.53 Å². The minimum absolute atomic E-state index is 0.0621. The van der Waals surface area contributed by atoms with Gasteiger partial charge in [-0.1, -0.05) is 12.1 Å². The van der Waals surface area contributed by atoms with Gasteiger partial charge in [-0.15, -0.1) is 0 Å². The van der Waals surface area contributed by atoms with E-state index in [0.717, 1.165) is 11.1 Å². The topological polar surface area (TPSA) is 41.6 Å². The summed E-state index contributed by atoms with van der Waals surface area (Å²) in [6, 6.07) is 7.36. The molecule has 14 heavy (non-hydrogen) atoms. The highest BCUT2D eigenvalue weighted by molar-refractivity contribution is 9.10. The molecule has 1 unspecified atom stereocenters. The van der Waals surface area contributed by atoms with Crippen molar-refractivity contribution in [2.24, 2.45) is 0 Å². The molecule has 1 saturated heterocycles. The van der Waals surface area contributed by atoms with Gasteiger partial charge in [-0.05, 0) is 28.1 Å². The molecule has 1 atom stereocenters. The molecule has 1 aliphatic rings. The lowest BCUT2D eigenvalue weighted by molar-refractivity contribution is 0.0949. The van der Waals surface area contributed by atoms with E-state index in [1.807, 2.05) is 18.2 Å². The number of benzene rings is 1. The van der Waals surface area contributed by atoms with Gasteiger partial charge in [0.25, 0.3) is 5.91 Å². The molecule has 2 rings (SSSR count). The van der Waals surface area contributed by atoms with E-state index in [2.05, 4.69) is 21.2 Å². The van der Waals surface area contributed by atoms with E-state index < -0.39 is 0 Å². The number of epoxide rings is 1. The fraction of sp³-hybridized carbons (Fsp3) is 0.300. The average Bonchev–Trinajstić information content (AvgIpc) is 2.98. The van der Waals surface area contributed by atoms with Crippen LogP contribution >= 0.6 is 15.9 Å². The molecule has 0 bridgehead atoms. The zero-order valence-corrected chi connectivity index (χ0v) is 9.08. The van der Waals surface area contributed by atoms with Crippen LogP contribution < -0.4 is 5.32 Å². The van der Waals surface area contributed by atoms with Crippen molar-refractivity contribution in [1.82, 2.24) is 5.32 Å². The van der Waals surface area contributed by atoms with E-state index in [1.165, 1.54) is 0 Å². The number of ether oxygens (including phenoxy) is 1. The first kappa shape index (κ1) is 9.68. The van der Waals surface area contributed by atoms with Gasteiger partial charge in [0.1, 0.15) is 0 Å². The quantitative estimate of drug-likeness (QED) is 0.834. The van der Waals surface area contributed by atoms with Crippen LogP contribution in [0.3, 0.4) is 0 Å². The van der Waals surface area contributed by atoms with Crippen LogP contribution in [0.5, 0.6) is 0 Å². The number of carbonyl (C=O) groups is 1. The lowest BCUT2D eigenvalue weighted by atomic mass is 10.2. The van der Waals surface area contributed by atoms with Crippen LogP contribution in [0.2, 0.25) is 0 Å². The molecule has 1 heterocycles. The van der Waals surface area contributed by atoms with Gasteiger partial charge in [0.05, 0.1) is 18.3 Å². The standard InChI is InChI=1S/C10H10BrNO2/c11-9-4-2-1-3-8(9)10(13)12-5-7-6-14-7/h1-4,7H,5-6H2,(H,12,13). The summed E-state index contributed by atoms with van der Waals surface area (Å²) < 4.78 is 5.81. The van der Waals surface area contributed by atoms with E-state index in [9.17, 15) is 4.79 Å². The van der Waals surface area contributed by atoms with Gasteiger partial charge in [-0.2, -0.15) is 0 Å². The molecule has 1 aliphatic heterocycles. The molecule has 0 radical (unpaired) electrons. The summed E-state index contributed by atoms with van der Waals surface area (Å²) in [4.78, 5) is 11.6. The van der Waals surface area contributed by atoms with E-state index in [1.54, 1.807) is 6.07 Å². The second-order valence-corrected chi connectivity index (χ2v) is 4.00. The van der Waals surface area contributed by atoms with Crippen LogP contribution in [0.1, 0.15) is 10.4 Å². The summed E-state index contributed by atoms with van der Waals surface area (Å²) >= 11 is 3.33. The Balaban J connectivity index is 1.98. The fourth-order valence-electron chi connectivity index (χ4n) is 1.13. The Morgan fingerprint density at radius 3 is 2.93 bits per heavy atom. The van der Waals surface area contributed by atoms with Crippen molar-refractivity contribution >= 4 is 21.8 Å². The lowest BCUT2D eigenvalue weighted by Crippen LogP contribution is -2.27. The number of hydrogen-bond donors (Lipinski definition) is 1. The number of rotatable bonds is 3. The zero-order valence-electron chi connectivity index (χ0n) is 7.50. The van der Waals surface area contributed by atoms with Crippen LogP contribution in [0, 0.1) is 0 Å². The lowest BCUT2D eigenvalue weighted by Gasteiger charge is -2.04. The predicted molar refractivity (Wildman–Crippen MR) is 56.2 cm³/mol. The van der Waals surface area contributed by atoms with E-state index in [-0.39, 0.29) is 12.0 Å². The van der Waals surface area contributed by atoms with Crippen LogP contribution in [0.15, 0.2) is 28.7 Å². The van der Waals surface area contributed by atoms with Gasteiger partial charge < -0.3 is 10.1 Å². The highest BCUT2D eigenvalue weighted by Gasteiger charge is 2.23. The molecule has 1 amide bonds. The molecule has 1 aromatic carbocycles. The minimum Gasteiger partial charge on any atom is -0.371 e. The van der Waals surface area contributed by atoms with E-state index >= 15 is 0 Å². The zero-order chi connectivity index (χ0) is 9.97. The van der Waals surface area contributed by atoms with E-state index in [0.29, 0.717) is 12.1 Å². The minimum atomic E-state index is -0.0621. The van der Waals surface area contributed by atoms with Gasteiger partial charge in [0.15, 0.2) is 0 Å². The Labute approximate surface area is 90.6 Å². The number of hydrogen-bond acceptors (Lipinski definition) is 2. The van der Waals surface area contributed by atoms with Crippen molar-refractivity contribution in [3.63, 3.8) is 0 Å². The van der Waals surface area contributed by atoms with E-state index in [4.69, 9.17) is 4.74 Å². The second kappa shape index (κ2) is 4.11. The van der Waals surface area contributed by atoms with Gasteiger partial charge in [-0.3, -0.25) is 4.79 Å². The molecule has 0 aliphatic carbocycles. The monoisotopic (exact) mass is 255 g/mol. The Bertz CT molecular complexity index is 350. The SMILES string of the molecule is O=C(NCC1CO1)c1ccccc1Br. The molecule has 74 valence electrons. The third-order valence-corrected chi connectivity index (χ3v) is 2.70. The smallest absolute Gasteiger partial charge is 0.252 e. The molecule has 1 N–H and O–H groups in total. The first-order valence-electron chi connectivity index (χ1n) is 4.41. The summed E-state index contributed by atoms with van der Waals surface area (Å²) in [6.45, 7) is 1.36. The maximum absolute atomic E-state index is 11.6. The Hall–Kier alpha value is -0.870. The second-order valence-electron chi connectivity index (χ2n) is 3.15. The van der Waals surface area contributed by atoms with Crippen LogP contribution in [0.4, 0.5) is 0 Å². The van der Waals surface area contributed by atoms with Crippen molar-refractivity contribution in [2.45, 2.75) is 6.10 Å². The van der Waals surface area contributed by atoms with Gasteiger partial charge in [0.2, 0.25) is 0 Å². The summed E-state index contributed by atoms with van der Waals surface area (Å²) in [5.74, 6) is -0.0621. The van der Waals surface area contributed by atoms with Crippen molar-refractivity contribution in [3.8, 4) is 0 Å². The molecule has 1 fully saturated rings. The average molecular weight is 256 g/mol. The molecule has 1 aromatic rings. The number of nitrogens with one attached hydrogen (secondary N) is 1. The molecule has 0 aromatic heterocycles. The van der Waals surface area contributed by atoms with Crippen LogP contribution in [-0.4, -0.2) is 25.2 Å². The van der Waals surface area contributed by atoms with Crippen LogP contribution in [0.25, 0.3) is 0 Å². The highest BCUT2D eigenvalue weighted by Crippen LogP contribution is 2.15.